The van der Waals surface area contributed by atoms with Crippen molar-refractivity contribution in [2.45, 2.75) is 32.6 Å². The van der Waals surface area contributed by atoms with Crippen LogP contribution in [-0.2, 0) is 12.8 Å². The third-order valence-corrected chi connectivity index (χ3v) is 3.13. The maximum atomic E-state index is 5.73. The van der Waals surface area contributed by atoms with Gasteiger partial charge in [-0.1, -0.05) is 12.2 Å². The van der Waals surface area contributed by atoms with E-state index in [-0.39, 0.29) is 0 Å². The van der Waals surface area contributed by atoms with Crippen LogP contribution in [0.15, 0.2) is 6.07 Å². The minimum absolute atomic E-state index is 0.428. The standard InChI is InChI=1S/C12H17N3S/c1-2-14-12-9(11(13)16)7-8-5-3-4-6-10(8)15-12/h7H,2-6H2,1H3,(H2,13,16)(H,14,15). The van der Waals surface area contributed by atoms with Crippen LogP contribution in [0.5, 0.6) is 0 Å². The molecule has 1 aromatic rings. The molecule has 0 aromatic carbocycles. The van der Waals surface area contributed by atoms with Gasteiger partial charge in [-0.05, 0) is 44.2 Å². The molecule has 0 atom stereocenters. The molecule has 2 rings (SSSR count). The van der Waals surface area contributed by atoms with Gasteiger partial charge in [-0.2, -0.15) is 0 Å². The van der Waals surface area contributed by atoms with Crippen molar-refractivity contribution in [3.8, 4) is 0 Å². The Labute approximate surface area is 101 Å². The van der Waals surface area contributed by atoms with E-state index in [1.807, 2.05) is 6.92 Å². The van der Waals surface area contributed by atoms with Gasteiger partial charge in [0.05, 0.1) is 5.56 Å². The Kier molecular flexibility index (Phi) is 3.39. The summed E-state index contributed by atoms with van der Waals surface area (Å²) in [6.45, 7) is 2.88. The molecule has 86 valence electrons. The molecule has 0 aliphatic heterocycles. The fourth-order valence-electron chi connectivity index (χ4n) is 2.12. The average molecular weight is 235 g/mol. The van der Waals surface area contributed by atoms with E-state index in [0.29, 0.717) is 4.99 Å². The predicted octanol–water partition coefficient (Wildman–Crippen LogP) is 2.03. The van der Waals surface area contributed by atoms with Gasteiger partial charge in [-0.15, -0.1) is 0 Å². The summed E-state index contributed by atoms with van der Waals surface area (Å²) in [5, 5.41) is 3.23. The number of pyridine rings is 1. The zero-order valence-electron chi connectivity index (χ0n) is 9.55. The second-order valence-corrected chi connectivity index (χ2v) is 4.53. The summed E-state index contributed by atoms with van der Waals surface area (Å²) in [7, 11) is 0. The number of aryl methyl sites for hydroxylation is 2. The van der Waals surface area contributed by atoms with Crippen molar-refractivity contribution in [3.05, 3.63) is 22.9 Å². The molecule has 0 amide bonds. The van der Waals surface area contributed by atoms with E-state index in [9.17, 15) is 0 Å². The largest absolute Gasteiger partial charge is 0.389 e. The predicted molar refractivity (Wildman–Crippen MR) is 70.9 cm³/mol. The Hall–Kier alpha value is -1.16. The number of nitrogens with one attached hydrogen (secondary N) is 1. The Morgan fingerprint density at radius 2 is 2.25 bits per heavy atom. The molecule has 16 heavy (non-hydrogen) atoms. The highest BCUT2D eigenvalue weighted by atomic mass is 32.1. The lowest BCUT2D eigenvalue weighted by Gasteiger charge is -2.18. The maximum Gasteiger partial charge on any atom is 0.136 e. The number of nitrogens with two attached hydrogens (primary N) is 1. The molecule has 3 N–H and O–H groups in total. The number of fused-ring (bicyclic) bond motifs is 1. The minimum Gasteiger partial charge on any atom is -0.389 e. The Balaban J connectivity index is 2.45. The number of thiocarbonyl (C=S) groups is 1. The minimum atomic E-state index is 0.428. The lowest BCUT2D eigenvalue weighted by Crippen LogP contribution is -2.17. The quantitative estimate of drug-likeness (QED) is 0.787. The normalized spacial score (nSPS) is 14.3. The van der Waals surface area contributed by atoms with Crippen LogP contribution in [0.1, 0.15) is 36.6 Å². The molecule has 0 saturated heterocycles. The first-order chi connectivity index (χ1) is 7.72. The van der Waals surface area contributed by atoms with Crippen LogP contribution in [0.3, 0.4) is 0 Å². The molecule has 1 aliphatic carbocycles. The summed E-state index contributed by atoms with van der Waals surface area (Å²) < 4.78 is 0. The van der Waals surface area contributed by atoms with Crippen LogP contribution in [0.2, 0.25) is 0 Å². The van der Waals surface area contributed by atoms with Crippen molar-refractivity contribution < 1.29 is 0 Å². The molecule has 0 spiro atoms. The summed E-state index contributed by atoms with van der Waals surface area (Å²) in [6.07, 6.45) is 4.65. The van der Waals surface area contributed by atoms with Gasteiger partial charge in [-0.25, -0.2) is 4.98 Å². The van der Waals surface area contributed by atoms with Gasteiger partial charge in [-0.3, -0.25) is 0 Å². The number of nitrogens with zero attached hydrogens (tertiary/aromatic N) is 1. The highest BCUT2D eigenvalue weighted by Gasteiger charge is 2.15. The van der Waals surface area contributed by atoms with E-state index in [0.717, 1.165) is 30.8 Å². The highest BCUT2D eigenvalue weighted by Crippen LogP contribution is 2.24. The highest BCUT2D eigenvalue weighted by molar-refractivity contribution is 7.80. The van der Waals surface area contributed by atoms with E-state index in [1.165, 1.54) is 24.1 Å². The molecule has 3 nitrogen and oxygen atoms in total. The Bertz CT molecular complexity index is 415. The molecule has 0 fully saturated rings. The molecule has 4 heteroatoms. The maximum absolute atomic E-state index is 5.73. The number of hydrogen-bond donors (Lipinski definition) is 2. The second kappa shape index (κ2) is 4.78. The first kappa shape index (κ1) is 11.3. The first-order valence-electron chi connectivity index (χ1n) is 5.79. The van der Waals surface area contributed by atoms with Gasteiger partial charge in [0.25, 0.3) is 0 Å². The number of anilines is 1. The smallest absolute Gasteiger partial charge is 0.136 e. The van der Waals surface area contributed by atoms with E-state index < -0.39 is 0 Å². The van der Waals surface area contributed by atoms with Crippen LogP contribution in [0, 0.1) is 0 Å². The van der Waals surface area contributed by atoms with Crippen LogP contribution in [0.25, 0.3) is 0 Å². The summed E-state index contributed by atoms with van der Waals surface area (Å²) in [5.41, 5.74) is 9.14. The van der Waals surface area contributed by atoms with Gasteiger partial charge in [0, 0.05) is 12.2 Å². The zero-order valence-corrected chi connectivity index (χ0v) is 10.4. The van der Waals surface area contributed by atoms with Crippen LogP contribution in [0.4, 0.5) is 5.82 Å². The molecule has 0 bridgehead atoms. The summed E-state index contributed by atoms with van der Waals surface area (Å²) in [4.78, 5) is 5.07. The Morgan fingerprint density at radius 3 is 2.94 bits per heavy atom. The monoisotopic (exact) mass is 235 g/mol. The van der Waals surface area contributed by atoms with Crippen LogP contribution < -0.4 is 11.1 Å². The number of rotatable bonds is 3. The molecule has 0 radical (unpaired) electrons. The van der Waals surface area contributed by atoms with E-state index in [4.69, 9.17) is 18.0 Å². The second-order valence-electron chi connectivity index (χ2n) is 4.09. The molecule has 1 aromatic heterocycles. The molecule has 0 saturated carbocycles. The first-order valence-corrected chi connectivity index (χ1v) is 6.19. The topological polar surface area (TPSA) is 50.9 Å². The summed E-state index contributed by atoms with van der Waals surface area (Å²) in [5.74, 6) is 0.843. The SMILES string of the molecule is CCNc1nc2c(cc1C(N)=S)CCCC2. The van der Waals surface area contributed by atoms with Crippen LogP contribution in [-0.4, -0.2) is 16.5 Å². The van der Waals surface area contributed by atoms with E-state index in [2.05, 4.69) is 16.4 Å². The Morgan fingerprint density at radius 1 is 1.50 bits per heavy atom. The fraction of sp³-hybridized carbons (Fsp3) is 0.500. The summed E-state index contributed by atoms with van der Waals surface area (Å²) >= 11 is 5.07. The van der Waals surface area contributed by atoms with Crippen molar-refractivity contribution >= 4 is 23.0 Å². The van der Waals surface area contributed by atoms with Crippen molar-refractivity contribution in [3.63, 3.8) is 0 Å². The fourth-order valence-corrected chi connectivity index (χ4v) is 2.28. The van der Waals surface area contributed by atoms with Crippen molar-refractivity contribution in [2.75, 3.05) is 11.9 Å². The van der Waals surface area contributed by atoms with Crippen molar-refractivity contribution in [2.24, 2.45) is 5.73 Å². The molecular formula is C12H17N3S. The van der Waals surface area contributed by atoms with Gasteiger partial charge in [0.15, 0.2) is 0 Å². The third-order valence-electron chi connectivity index (χ3n) is 2.91. The average Bonchev–Trinajstić information content (AvgIpc) is 2.28. The molecule has 0 unspecified atom stereocenters. The van der Waals surface area contributed by atoms with Gasteiger partial charge < -0.3 is 11.1 Å². The van der Waals surface area contributed by atoms with Crippen molar-refractivity contribution in [1.82, 2.24) is 4.98 Å². The summed E-state index contributed by atoms with van der Waals surface area (Å²) in [6, 6.07) is 2.11. The molecule has 1 heterocycles. The van der Waals surface area contributed by atoms with Gasteiger partial charge >= 0.3 is 0 Å². The molecule has 1 aliphatic rings. The lowest BCUT2D eigenvalue weighted by atomic mass is 9.94. The number of hydrogen-bond acceptors (Lipinski definition) is 3. The number of aromatic nitrogens is 1. The third kappa shape index (κ3) is 2.16. The van der Waals surface area contributed by atoms with Gasteiger partial charge in [0.1, 0.15) is 10.8 Å². The van der Waals surface area contributed by atoms with E-state index in [1.54, 1.807) is 0 Å². The molecular weight excluding hydrogens is 218 g/mol. The van der Waals surface area contributed by atoms with E-state index >= 15 is 0 Å². The van der Waals surface area contributed by atoms with Crippen molar-refractivity contribution in [1.29, 1.82) is 0 Å². The van der Waals surface area contributed by atoms with Crippen LogP contribution >= 0.6 is 12.2 Å². The van der Waals surface area contributed by atoms with Gasteiger partial charge in [0.2, 0.25) is 0 Å². The zero-order chi connectivity index (χ0) is 11.5. The lowest BCUT2D eigenvalue weighted by molar-refractivity contribution is 0.668.